The van der Waals surface area contributed by atoms with Crippen LogP contribution in [0.1, 0.15) is 174 Å². The lowest BCUT2D eigenvalue weighted by atomic mass is 10.0. The standard InChI is InChI=1S/C30H63N/c1-4-5-6-7-8-9-10-11-12-13-14-15-16-17-18-19-20-21-22-23-24-25-26-27-28-29-30-31(2)3/h4-30H2,1-3H3. The fourth-order valence-electron chi connectivity index (χ4n) is 4.74. The van der Waals surface area contributed by atoms with E-state index in [0.717, 1.165) is 0 Å². The highest BCUT2D eigenvalue weighted by Crippen LogP contribution is 2.15. The number of hydrogen-bond acceptors (Lipinski definition) is 1. The predicted molar refractivity (Wildman–Crippen MR) is 144 cm³/mol. The molecule has 0 unspecified atom stereocenters. The molecule has 0 N–H and O–H groups in total. The molecule has 1 nitrogen and oxygen atoms in total. The summed E-state index contributed by atoms with van der Waals surface area (Å²) in [5, 5.41) is 0. The Morgan fingerprint density at radius 3 is 0.677 bits per heavy atom. The second kappa shape index (κ2) is 28.0. The highest BCUT2D eigenvalue weighted by atomic mass is 15.0. The molecule has 0 saturated carbocycles. The Kier molecular flexibility index (Phi) is 28.0. The third kappa shape index (κ3) is 30.0. The van der Waals surface area contributed by atoms with Crippen LogP contribution in [-0.4, -0.2) is 25.5 Å². The van der Waals surface area contributed by atoms with Gasteiger partial charge in [0.2, 0.25) is 0 Å². The molecule has 0 aliphatic rings. The summed E-state index contributed by atoms with van der Waals surface area (Å²) in [4.78, 5) is 2.30. The average Bonchev–Trinajstić information content (AvgIpc) is 2.76. The number of nitrogens with zero attached hydrogens (tertiary/aromatic N) is 1. The monoisotopic (exact) mass is 437 g/mol. The zero-order valence-electron chi connectivity index (χ0n) is 22.5. The van der Waals surface area contributed by atoms with Gasteiger partial charge >= 0.3 is 0 Å². The zero-order valence-corrected chi connectivity index (χ0v) is 22.5. The maximum atomic E-state index is 2.30. The molecule has 0 amide bonds. The lowest BCUT2D eigenvalue weighted by Crippen LogP contribution is -2.12. The predicted octanol–water partition coefficient (Wildman–Crippen LogP) is 10.7. The summed E-state index contributed by atoms with van der Waals surface area (Å²) in [5.41, 5.74) is 0. The smallest absolute Gasteiger partial charge is 0.00248 e. The van der Waals surface area contributed by atoms with E-state index in [2.05, 4.69) is 25.9 Å². The number of rotatable bonds is 27. The van der Waals surface area contributed by atoms with Crippen molar-refractivity contribution >= 4 is 0 Å². The van der Waals surface area contributed by atoms with Crippen molar-refractivity contribution in [2.75, 3.05) is 20.6 Å². The second-order valence-corrected chi connectivity index (χ2v) is 10.6. The first-order chi connectivity index (χ1) is 15.3. The molecule has 0 spiro atoms. The largest absolute Gasteiger partial charge is 0.309 e. The Morgan fingerprint density at radius 2 is 0.484 bits per heavy atom. The molecule has 188 valence electrons. The minimum Gasteiger partial charge on any atom is -0.309 e. The molecule has 0 aromatic heterocycles. The van der Waals surface area contributed by atoms with E-state index >= 15 is 0 Å². The molecule has 31 heavy (non-hydrogen) atoms. The summed E-state index contributed by atoms with van der Waals surface area (Å²) in [6.45, 7) is 3.57. The van der Waals surface area contributed by atoms with Crippen molar-refractivity contribution in [3.8, 4) is 0 Å². The van der Waals surface area contributed by atoms with E-state index in [9.17, 15) is 0 Å². The first-order valence-electron chi connectivity index (χ1n) is 14.9. The Balaban J connectivity index is 2.99. The summed E-state index contributed by atoms with van der Waals surface area (Å²) in [7, 11) is 4.36. The van der Waals surface area contributed by atoms with Gasteiger partial charge in [0.25, 0.3) is 0 Å². The van der Waals surface area contributed by atoms with Crippen molar-refractivity contribution in [1.29, 1.82) is 0 Å². The minimum atomic E-state index is 1.26. The normalized spacial score (nSPS) is 11.6. The van der Waals surface area contributed by atoms with Crippen LogP contribution < -0.4 is 0 Å². The molecule has 1 heteroatoms. The Hall–Kier alpha value is -0.0400. The van der Waals surface area contributed by atoms with Crippen molar-refractivity contribution in [3.63, 3.8) is 0 Å². The van der Waals surface area contributed by atoms with Crippen LogP contribution in [0, 0.1) is 0 Å². The van der Waals surface area contributed by atoms with Crippen LogP contribution in [0.4, 0.5) is 0 Å². The molecule has 0 heterocycles. The van der Waals surface area contributed by atoms with Gasteiger partial charge in [0.1, 0.15) is 0 Å². The zero-order chi connectivity index (χ0) is 22.7. The molecule has 0 aliphatic heterocycles. The van der Waals surface area contributed by atoms with Gasteiger partial charge in [0.05, 0.1) is 0 Å². The van der Waals surface area contributed by atoms with Gasteiger partial charge in [-0.2, -0.15) is 0 Å². The third-order valence-corrected chi connectivity index (χ3v) is 6.96. The summed E-state index contributed by atoms with van der Waals surface area (Å²) in [6, 6.07) is 0. The van der Waals surface area contributed by atoms with Crippen molar-refractivity contribution in [2.45, 2.75) is 174 Å². The van der Waals surface area contributed by atoms with E-state index in [1.807, 2.05) is 0 Å². The summed E-state index contributed by atoms with van der Waals surface area (Å²) in [6.07, 6.45) is 38.3. The quantitative estimate of drug-likeness (QED) is 0.115. The fraction of sp³-hybridized carbons (Fsp3) is 1.00. The highest BCUT2D eigenvalue weighted by molar-refractivity contribution is 4.52. The van der Waals surface area contributed by atoms with Crippen molar-refractivity contribution in [1.82, 2.24) is 4.90 Å². The average molecular weight is 438 g/mol. The van der Waals surface area contributed by atoms with Crippen LogP contribution >= 0.6 is 0 Å². The van der Waals surface area contributed by atoms with Crippen LogP contribution in [0.2, 0.25) is 0 Å². The Morgan fingerprint density at radius 1 is 0.290 bits per heavy atom. The molecular weight excluding hydrogens is 374 g/mol. The molecule has 0 atom stereocenters. The minimum absolute atomic E-state index is 1.26. The van der Waals surface area contributed by atoms with E-state index < -0.39 is 0 Å². The lowest BCUT2D eigenvalue weighted by Gasteiger charge is -2.08. The topological polar surface area (TPSA) is 3.24 Å². The first kappa shape index (κ1) is 31.0. The van der Waals surface area contributed by atoms with Gasteiger partial charge < -0.3 is 4.90 Å². The summed E-state index contributed by atoms with van der Waals surface area (Å²) < 4.78 is 0. The van der Waals surface area contributed by atoms with Crippen molar-refractivity contribution in [3.05, 3.63) is 0 Å². The molecule has 0 aromatic rings. The molecule has 0 radical (unpaired) electrons. The Bertz CT molecular complexity index is 299. The molecule has 0 fully saturated rings. The van der Waals surface area contributed by atoms with Gasteiger partial charge in [-0.05, 0) is 27.1 Å². The van der Waals surface area contributed by atoms with Gasteiger partial charge in [0, 0.05) is 0 Å². The van der Waals surface area contributed by atoms with Gasteiger partial charge in [-0.1, -0.05) is 167 Å². The van der Waals surface area contributed by atoms with Gasteiger partial charge in [-0.3, -0.25) is 0 Å². The molecular formula is C30H63N. The van der Waals surface area contributed by atoms with E-state index in [1.54, 1.807) is 0 Å². The van der Waals surface area contributed by atoms with Crippen molar-refractivity contribution < 1.29 is 0 Å². The maximum absolute atomic E-state index is 2.30. The van der Waals surface area contributed by atoms with E-state index in [-0.39, 0.29) is 0 Å². The first-order valence-corrected chi connectivity index (χ1v) is 14.9. The van der Waals surface area contributed by atoms with E-state index in [4.69, 9.17) is 0 Å². The van der Waals surface area contributed by atoms with Gasteiger partial charge in [0.15, 0.2) is 0 Å². The molecule has 0 bridgehead atoms. The van der Waals surface area contributed by atoms with Gasteiger partial charge in [-0.25, -0.2) is 0 Å². The van der Waals surface area contributed by atoms with Crippen LogP contribution in [-0.2, 0) is 0 Å². The highest BCUT2D eigenvalue weighted by Gasteiger charge is 1.96. The van der Waals surface area contributed by atoms with E-state index in [0.29, 0.717) is 0 Å². The SMILES string of the molecule is CCCCCCCCCCCCCCCCCCCCCCCCCCCCN(C)C. The molecule has 0 aromatic carbocycles. The van der Waals surface area contributed by atoms with Crippen LogP contribution in [0.5, 0.6) is 0 Å². The Labute approximate surface area is 199 Å². The van der Waals surface area contributed by atoms with E-state index in [1.165, 1.54) is 173 Å². The summed E-state index contributed by atoms with van der Waals surface area (Å²) >= 11 is 0. The lowest BCUT2D eigenvalue weighted by molar-refractivity contribution is 0.389. The van der Waals surface area contributed by atoms with Gasteiger partial charge in [-0.15, -0.1) is 0 Å². The number of unbranched alkanes of at least 4 members (excludes halogenated alkanes) is 25. The van der Waals surface area contributed by atoms with Crippen LogP contribution in [0.15, 0.2) is 0 Å². The maximum Gasteiger partial charge on any atom is -0.00248 e. The third-order valence-electron chi connectivity index (χ3n) is 6.96. The molecule has 0 saturated heterocycles. The molecule has 0 aliphatic carbocycles. The van der Waals surface area contributed by atoms with Crippen LogP contribution in [0.3, 0.4) is 0 Å². The van der Waals surface area contributed by atoms with Crippen molar-refractivity contribution in [2.24, 2.45) is 0 Å². The molecule has 0 rings (SSSR count). The second-order valence-electron chi connectivity index (χ2n) is 10.6. The number of hydrogen-bond donors (Lipinski definition) is 0. The summed E-state index contributed by atoms with van der Waals surface area (Å²) in [5.74, 6) is 0. The van der Waals surface area contributed by atoms with Crippen LogP contribution in [0.25, 0.3) is 0 Å². The fourth-order valence-corrected chi connectivity index (χ4v) is 4.74.